The van der Waals surface area contributed by atoms with Crippen molar-refractivity contribution in [3.63, 3.8) is 0 Å². The Morgan fingerprint density at radius 1 is 1.12 bits per heavy atom. The molecule has 1 aliphatic rings. The Balaban J connectivity index is 1.57. The Bertz CT molecular complexity index is 1010. The smallest absolute Gasteiger partial charge is 0.303 e. The van der Waals surface area contributed by atoms with E-state index in [0.717, 1.165) is 36.8 Å². The fourth-order valence-electron chi connectivity index (χ4n) is 3.93. The van der Waals surface area contributed by atoms with Crippen molar-refractivity contribution in [2.24, 2.45) is 5.92 Å². The molecule has 1 aromatic carbocycles. The standard InChI is InChI=1S/C24H28N2O5S/c1-15-6-7-17(20(10-15)24(31)16-4-2-3-5-16)11-19(27)12-22-26-18(14-32-22)13-25-21(28)8-9-23(29)30/h6-7,10,14,16H,2-5,8-9,11-13H2,1H3,(H,25,28)(H,29,30). The molecule has 0 aliphatic heterocycles. The fourth-order valence-corrected chi connectivity index (χ4v) is 4.76. The monoisotopic (exact) mass is 456 g/mol. The van der Waals surface area contributed by atoms with Crippen molar-refractivity contribution < 1.29 is 24.3 Å². The lowest BCUT2D eigenvalue weighted by atomic mass is 9.90. The number of aliphatic carboxylic acids is 1. The minimum absolute atomic E-state index is 0.0132. The average Bonchev–Trinajstić information content (AvgIpc) is 3.44. The van der Waals surface area contributed by atoms with E-state index in [2.05, 4.69) is 10.3 Å². The first kappa shape index (κ1) is 23.8. The van der Waals surface area contributed by atoms with Crippen molar-refractivity contribution in [1.29, 1.82) is 0 Å². The van der Waals surface area contributed by atoms with Crippen LogP contribution in [0.25, 0.3) is 0 Å². The van der Waals surface area contributed by atoms with Crippen LogP contribution in [-0.2, 0) is 33.8 Å². The van der Waals surface area contributed by atoms with Crippen LogP contribution >= 0.6 is 11.3 Å². The van der Waals surface area contributed by atoms with Crippen molar-refractivity contribution >= 4 is 34.8 Å². The summed E-state index contributed by atoms with van der Waals surface area (Å²) in [6, 6.07) is 5.72. The highest BCUT2D eigenvalue weighted by Gasteiger charge is 2.26. The van der Waals surface area contributed by atoms with E-state index in [-0.39, 0.29) is 55.6 Å². The van der Waals surface area contributed by atoms with E-state index in [4.69, 9.17) is 5.11 Å². The van der Waals surface area contributed by atoms with Crippen molar-refractivity contribution in [2.45, 2.75) is 64.8 Å². The van der Waals surface area contributed by atoms with Gasteiger partial charge in [-0.2, -0.15) is 0 Å². The molecule has 3 rings (SSSR count). The van der Waals surface area contributed by atoms with E-state index in [1.807, 2.05) is 25.1 Å². The number of benzene rings is 1. The van der Waals surface area contributed by atoms with Crippen LogP contribution in [0.15, 0.2) is 23.6 Å². The number of rotatable bonds is 11. The summed E-state index contributed by atoms with van der Waals surface area (Å²) in [5.41, 5.74) is 3.10. The SMILES string of the molecule is Cc1ccc(CC(=O)Cc2nc(CNC(=O)CCC(=O)O)cs2)c(C(=O)C2CCCC2)c1. The van der Waals surface area contributed by atoms with Gasteiger partial charge >= 0.3 is 5.97 Å². The Hall–Kier alpha value is -2.87. The van der Waals surface area contributed by atoms with Crippen molar-refractivity contribution in [3.05, 3.63) is 51.0 Å². The van der Waals surface area contributed by atoms with E-state index in [1.165, 1.54) is 11.3 Å². The van der Waals surface area contributed by atoms with E-state index in [9.17, 15) is 19.2 Å². The highest BCUT2D eigenvalue weighted by molar-refractivity contribution is 7.09. The summed E-state index contributed by atoms with van der Waals surface area (Å²) in [5.74, 6) is -1.16. The van der Waals surface area contributed by atoms with Gasteiger partial charge in [0.15, 0.2) is 5.78 Å². The number of nitrogens with one attached hydrogen (secondary N) is 1. The molecular formula is C24H28N2O5S. The number of hydrogen-bond acceptors (Lipinski definition) is 6. The largest absolute Gasteiger partial charge is 0.481 e. The minimum Gasteiger partial charge on any atom is -0.481 e. The molecule has 1 fully saturated rings. The van der Waals surface area contributed by atoms with E-state index in [0.29, 0.717) is 16.3 Å². The van der Waals surface area contributed by atoms with Gasteiger partial charge in [-0.05, 0) is 31.4 Å². The number of amides is 1. The van der Waals surface area contributed by atoms with Crippen molar-refractivity contribution in [3.8, 4) is 0 Å². The van der Waals surface area contributed by atoms with E-state index >= 15 is 0 Å². The number of Topliss-reactive ketones (excluding diaryl/α,β-unsaturated/α-hetero) is 2. The summed E-state index contributed by atoms with van der Waals surface area (Å²) < 4.78 is 0. The molecule has 8 heteroatoms. The summed E-state index contributed by atoms with van der Waals surface area (Å²) in [5, 5.41) is 13.7. The lowest BCUT2D eigenvalue weighted by Gasteiger charge is -2.13. The Kier molecular flexibility index (Phi) is 8.27. The minimum atomic E-state index is -1.02. The topological polar surface area (TPSA) is 113 Å². The summed E-state index contributed by atoms with van der Waals surface area (Å²) in [4.78, 5) is 52.2. The molecule has 32 heavy (non-hydrogen) atoms. The van der Waals surface area contributed by atoms with Gasteiger partial charge in [0.1, 0.15) is 10.8 Å². The Morgan fingerprint density at radius 3 is 2.59 bits per heavy atom. The highest BCUT2D eigenvalue weighted by Crippen LogP contribution is 2.29. The summed E-state index contributed by atoms with van der Waals surface area (Å²) in [6.07, 6.45) is 4.09. The zero-order chi connectivity index (χ0) is 23.1. The van der Waals surface area contributed by atoms with Gasteiger partial charge < -0.3 is 10.4 Å². The fraction of sp³-hybridized carbons (Fsp3) is 0.458. The van der Waals surface area contributed by atoms with Crippen LogP contribution in [0.2, 0.25) is 0 Å². The van der Waals surface area contributed by atoms with Gasteiger partial charge in [-0.3, -0.25) is 19.2 Å². The van der Waals surface area contributed by atoms with Crippen LogP contribution in [0.5, 0.6) is 0 Å². The van der Waals surface area contributed by atoms with Gasteiger partial charge in [0.2, 0.25) is 5.91 Å². The maximum absolute atomic E-state index is 13.0. The van der Waals surface area contributed by atoms with Gasteiger partial charge in [-0.1, -0.05) is 30.5 Å². The first-order valence-electron chi connectivity index (χ1n) is 10.9. The van der Waals surface area contributed by atoms with Gasteiger partial charge in [-0.15, -0.1) is 11.3 Å². The lowest BCUT2D eigenvalue weighted by Crippen LogP contribution is -2.23. The molecule has 0 unspecified atom stereocenters. The predicted octanol–water partition coefficient (Wildman–Crippen LogP) is 3.66. The number of ketones is 2. The average molecular weight is 457 g/mol. The summed E-state index contributed by atoms with van der Waals surface area (Å²) >= 11 is 1.35. The molecule has 7 nitrogen and oxygen atoms in total. The second kappa shape index (κ2) is 11.1. The molecule has 1 aromatic heterocycles. The van der Waals surface area contributed by atoms with Crippen LogP contribution in [0.3, 0.4) is 0 Å². The van der Waals surface area contributed by atoms with Gasteiger partial charge in [0.25, 0.3) is 0 Å². The van der Waals surface area contributed by atoms with Gasteiger partial charge in [-0.25, -0.2) is 4.98 Å². The molecular weight excluding hydrogens is 428 g/mol. The first-order valence-corrected chi connectivity index (χ1v) is 11.8. The van der Waals surface area contributed by atoms with Crippen molar-refractivity contribution in [2.75, 3.05) is 0 Å². The zero-order valence-corrected chi connectivity index (χ0v) is 19.0. The molecule has 1 saturated carbocycles. The maximum Gasteiger partial charge on any atom is 0.303 e. The number of carboxylic acids is 1. The molecule has 0 bridgehead atoms. The van der Waals surface area contributed by atoms with Crippen LogP contribution in [0.1, 0.15) is 70.7 Å². The maximum atomic E-state index is 13.0. The van der Waals surface area contributed by atoms with Crippen LogP contribution in [0.4, 0.5) is 0 Å². The molecule has 0 spiro atoms. The Morgan fingerprint density at radius 2 is 1.88 bits per heavy atom. The number of aryl methyl sites for hydroxylation is 1. The normalized spacial score (nSPS) is 13.8. The molecule has 0 saturated heterocycles. The third-order valence-corrected chi connectivity index (χ3v) is 6.52. The van der Waals surface area contributed by atoms with Crippen LogP contribution in [-0.4, -0.2) is 33.5 Å². The second-order valence-electron chi connectivity index (χ2n) is 8.30. The lowest BCUT2D eigenvalue weighted by molar-refractivity contribution is -0.138. The third kappa shape index (κ3) is 6.82. The number of hydrogen-bond donors (Lipinski definition) is 2. The van der Waals surface area contributed by atoms with E-state index in [1.54, 1.807) is 5.38 Å². The number of nitrogens with zero attached hydrogens (tertiary/aromatic N) is 1. The number of aromatic nitrogens is 1. The summed E-state index contributed by atoms with van der Waals surface area (Å²) in [7, 11) is 0. The second-order valence-corrected chi connectivity index (χ2v) is 9.24. The number of carbonyl (C=O) groups excluding carboxylic acids is 3. The van der Waals surface area contributed by atoms with Crippen molar-refractivity contribution in [1.82, 2.24) is 10.3 Å². The number of thiazole rings is 1. The molecule has 170 valence electrons. The zero-order valence-electron chi connectivity index (χ0n) is 18.2. The number of carbonyl (C=O) groups is 4. The van der Waals surface area contributed by atoms with Crippen LogP contribution in [0, 0.1) is 12.8 Å². The molecule has 2 aromatic rings. The quantitative estimate of drug-likeness (QED) is 0.499. The predicted molar refractivity (Wildman–Crippen MR) is 121 cm³/mol. The third-order valence-electron chi connectivity index (χ3n) is 5.62. The summed E-state index contributed by atoms with van der Waals surface area (Å²) in [6.45, 7) is 2.15. The molecule has 2 N–H and O–H groups in total. The Labute approximate surface area is 191 Å². The number of carboxylic acid groups (broad SMARTS) is 1. The van der Waals surface area contributed by atoms with Gasteiger partial charge in [0, 0.05) is 29.7 Å². The highest BCUT2D eigenvalue weighted by atomic mass is 32.1. The van der Waals surface area contributed by atoms with Crippen LogP contribution < -0.4 is 5.32 Å². The molecule has 1 amide bonds. The molecule has 0 radical (unpaired) electrons. The molecule has 1 heterocycles. The first-order chi connectivity index (χ1) is 15.3. The molecule has 1 aliphatic carbocycles. The van der Waals surface area contributed by atoms with E-state index < -0.39 is 5.97 Å². The van der Waals surface area contributed by atoms with Gasteiger partial charge in [0.05, 0.1) is 25.1 Å². The molecule has 0 atom stereocenters.